The summed E-state index contributed by atoms with van der Waals surface area (Å²) in [4.78, 5) is 9.24. The van der Waals surface area contributed by atoms with E-state index in [2.05, 4.69) is 71.2 Å². The summed E-state index contributed by atoms with van der Waals surface area (Å²) in [5.74, 6) is 0. The van der Waals surface area contributed by atoms with Crippen molar-refractivity contribution in [3.8, 4) is 0 Å². The highest BCUT2D eigenvalue weighted by Crippen LogP contribution is 2.43. The van der Waals surface area contributed by atoms with Crippen molar-refractivity contribution in [3.05, 3.63) is 60.8 Å². The summed E-state index contributed by atoms with van der Waals surface area (Å²) >= 11 is 0. The van der Waals surface area contributed by atoms with Gasteiger partial charge in [-0.1, -0.05) is 30.3 Å². The topological polar surface area (TPSA) is 19.4 Å². The number of pyridine rings is 1. The van der Waals surface area contributed by atoms with E-state index in [0.717, 1.165) is 11.2 Å². The van der Waals surface area contributed by atoms with Crippen LogP contribution in [0.3, 0.4) is 0 Å². The van der Waals surface area contributed by atoms with Crippen molar-refractivity contribution in [1.82, 2.24) is 4.98 Å². The maximum absolute atomic E-state index is 4.60. The Labute approximate surface area is 124 Å². The molecule has 3 heteroatoms. The second kappa shape index (κ2) is 4.48. The smallest absolute Gasteiger partial charge is 0.103 e. The highest BCUT2D eigenvalue weighted by molar-refractivity contribution is 5.87. The lowest BCUT2D eigenvalue weighted by atomic mass is 10.2. The summed E-state index contributed by atoms with van der Waals surface area (Å²) in [6.45, 7) is 2.22. The fourth-order valence-electron chi connectivity index (χ4n) is 3.09. The Morgan fingerprint density at radius 2 is 1.67 bits per heavy atom. The zero-order chi connectivity index (χ0) is 14.4. The number of benzene rings is 2. The van der Waals surface area contributed by atoms with E-state index in [9.17, 15) is 0 Å². The monoisotopic (exact) mass is 275 g/mol. The molecule has 104 valence electrons. The van der Waals surface area contributed by atoms with E-state index >= 15 is 0 Å². The third kappa shape index (κ3) is 1.77. The summed E-state index contributed by atoms with van der Waals surface area (Å²) < 4.78 is 0. The van der Waals surface area contributed by atoms with Crippen molar-refractivity contribution in [2.24, 2.45) is 0 Å². The Morgan fingerprint density at radius 3 is 2.52 bits per heavy atom. The molecule has 1 aromatic heterocycles. The lowest BCUT2D eigenvalue weighted by Gasteiger charge is -2.27. The Balaban J connectivity index is 1.88. The quantitative estimate of drug-likeness (QED) is 0.664. The van der Waals surface area contributed by atoms with Gasteiger partial charge in [0.1, 0.15) is 6.17 Å². The Kier molecular flexibility index (Phi) is 2.61. The molecular weight excluding hydrogens is 258 g/mol. The van der Waals surface area contributed by atoms with Crippen molar-refractivity contribution >= 4 is 28.0 Å². The average molecular weight is 275 g/mol. The van der Waals surface area contributed by atoms with Crippen LogP contribution in [0.5, 0.6) is 0 Å². The average Bonchev–Trinajstić information content (AvgIpc) is 2.79. The number of para-hydroxylation sites is 3. The predicted molar refractivity (Wildman–Crippen MR) is 88.2 cm³/mol. The Morgan fingerprint density at radius 1 is 0.952 bits per heavy atom. The first-order valence-corrected chi connectivity index (χ1v) is 7.21. The molecule has 3 aromatic rings. The van der Waals surface area contributed by atoms with E-state index < -0.39 is 0 Å². The molecule has 2 aromatic carbocycles. The van der Waals surface area contributed by atoms with Gasteiger partial charge in [-0.3, -0.25) is 4.98 Å². The molecule has 0 radical (unpaired) electrons. The van der Waals surface area contributed by atoms with Gasteiger partial charge in [0, 0.05) is 12.4 Å². The second-order valence-corrected chi connectivity index (χ2v) is 5.49. The van der Waals surface area contributed by atoms with Crippen LogP contribution in [0.1, 0.15) is 6.92 Å². The number of fused-ring (bicyclic) bond motifs is 2. The molecular formula is C18H17N3. The minimum atomic E-state index is 0.283. The number of anilines is 3. The maximum Gasteiger partial charge on any atom is 0.103 e. The van der Waals surface area contributed by atoms with Gasteiger partial charge in [-0.05, 0) is 31.2 Å². The van der Waals surface area contributed by atoms with Gasteiger partial charge in [0.05, 0.1) is 28.8 Å². The molecule has 21 heavy (non-hydrogen) atoms. The van der Waals surface area contributed by atoms with Crippen LogP contribution in [0, 0.1) is 0 Å². The summed E-state index contributed by atoms with van der Waals surface area (Å²) in [7, 11) is 2.14. The summed E-state index contributed by atoms with van der Waals surface area (Å²) in [5.41, 5.74) is 4.68. The van der Waals surface area contributed by atoms with Crippen molar-refractivity contribution < 1.29 is 0 Å². The van der Waals surface area contributed by atoms with Gasteiger partial charge in [0.2, 0.25) is 0 Å². The predicted octanol–water partition coefficient (Wildman–Crippen LogP) is 4.17. The zero-order valence-electron chi connectivity index (χ0n) is 12.2. The Bertz CT molecular complexity index is 812. The van der Waals surface area contributed by atoms with Gasteiger partial charge in [-0.2, -0.15) is 0 Å². The van der Waals surface area contributed by atoms with Crippen LogP contribution in [0.15, 0.2) is 60.8 Å². The number of hydrogen-bond donors (Lipinski definition) is 0. The van der Waals surface area contributed by atoms with Gasteiger partial charge in [0.15, 0.2) is 0 Å². The highest BCUT2D eigenvalue weighted by Gasteiger charge is 2.31. The van der Waals surface area contributed by atoms with Crippen molar-refractivity contribution in [3.63, 3.8) is 0 Å². The van der Waals surface area contributed by atoms with E-state index in [4.69, 9.17) is 0 Å². The van der Waals surface area contributed by atoms with Crippen molar-refractivity contribution in [2.75, 3.05) is 16.8 Å². The third-order valence-electron chi connectivity index (χ3n) is 4.31. The normalized spacial score (nSPS) is 17.3. The number of rotatable bonds is 1. The summed E-state index contributed by atoms with van der Waals surface area (Å²) in [6, 6.07) is 19.0. The zero-order valence-corrected chi connectivity index (χ0v) is 12.2. The summed E-state index contributed by atoms with van der Waals surface area (Å²) in [5, 5.41) is 1.18. The standard InChI is InChI=1S/C18H17N3/c1-13-20(2)17-9-5-6-10-18(17)21(13)15-11-14-7-3-4-8-16(14)19-12-15/h3-13H,1-2H3/t13-/m0/s1. The van der Waals surface area contributed by atoms with Gasteiger partial charge in [-0.15, -0.1) is 0 Å². The molecule has 0 aliphatic carbocycles. The Hall–Kier alpha value is -2.55. The fourth-order valence-corrected chi connectivity index (χ4v) is 3.09. The molecule has 0 bridgehead atoms. The van der Waals surface area contributed by atoms with Crippen LogP contribution in [0.4, 0.5) is 17.1 Å². The molecule has 0 N–H and O–H groups in total. The maximum atomic E-state index is 4.60. The van der Waals surface area contributed by atoms with E-state index in [1.807, 2.05) is 18.3 Å². The van der Waals surface area contributed by atoms with Crippen LogP contribution in [0.2, 0.25) is 0 Å². The van der Waals surface area contributed by atoms with E-state index in [-0.39, 0.29) is 6.17 Å². The largest absolute Gasteiger partial charge is 0.353 e. The molecule has 0 fully saturated rings. The molecule has 0 saturated carbocycles. The first kappa shape index (κ1) is 12.2. The lowest BCUT2D eigenvalue weighted by molar-refractivity contribution is 0.733. The lowest BCUT2D eigenvalue weighted by Crippen LogP contribution is -2.35. The van der Waals surface area contributed by atoms with Gasteiger partial charge >= 0.3 is 0 Å². The van der Waals surface area contributed by atoms with Crippen molar-refractivity contribution in [1.29, 1.82) is 0 Å². The first-order chi connectivity index (χ1) is 10.3. The van der Waals surface area contributed by atoms with E-state index in [0.29, 0.717) is 0 Å². The van der Waals surface area contributed by atoms with Crippen LogP contribution >= 0.6 is 0 Å². The molecule has 2 heterocycles. The van der Waals surface area contributed by atoms with Gasteiger partial charge in [0.25, 0.3) is 0 Å². The molecule has 1 aliphatic rings. The molecule has 0 amide bonds. The molecule has 0 unspecified atom stereocenters. The van der Waals surface area contributed by atoms with Crippen molar-refractivity contribution in [2.45, 2.75) is 13.1 Å². The highest BCUT2D eigenvalue weighted by atomic mass is 15.4. The van der Waals surface area contributed by atoms with E-state index in [1.54, 1.807) is 0 Å². The van der Waals surface area contributed by atoms with E-state index in [1.165, 1.54) is 16.8 Å². The summed E-state index contributed by atoms with van der Waals surface area (Å²) in [6.07, 6.45) is 2.25. The molecule has 4 rings (SSSR count). The third-order valence-corrected chi connectivity index (χ3v) is 4.31. The van der Waals surface area contributed by atoms with Crippen LogP contribution < -0.4 is 9.80 Å². The minimum Gasteiger partial charge on any atom is -0.353 e. The number of aromatic nitrogens is 1. The van der Waals surface area contributed by atoms with Gasteiger partial charge < -0.3 is 9.80 Å². The molecule has 1 aliphatic heterocycles. The molecule has 0 saturated heterocycles. The van der Waals surface area contributed by atoms with Gasteiger partial charge in [-0.25, -0.2) is 0 Å². The van der Waals surface area contributed by atoms with Crippen LogP contribution in [-0.4, -0.2) is 18.2 Å². The number of hydrogen-bond acceptors (Lipinski definition) is 3. The first-order valence-electron chi connectivity index (χ1n) is 7.21. The van der Waals surface area contributed by atoms with Crippen LogP contribution in [0.25, 0.3) is 10.9 Å². The van der Waals surface area contributed by atoms with Crippen LogP contribution in [-0.2, 0) is 0 Å². The second-order valence-electron chi connectivity index (χ2n) is 5.49. The minimum absolute atomic E-state index is 0.283. The molecule has 3 nitrogen and oxygen atoms in total. The SMILES string of the molecule is C[C@H]1N(C)c2ccccc2N1c1cnc2ccccc2c1. The molecule has 1 atom stereocenters. The molecule has 0 spiro atoms. The number of nitrogens with zero attached hydrogens (tertiary/aromatic N) is 3. The fraction of sp³-hybridized carbons (Fsp3) is 0.167.